The first kappa shape index (κ1) is 15.5. The summed E-state index contributed by atoms with van der Waals surface area (Å²) in [4.78, 5) is 20.1. The van der Waals surface area contributed by atoms with Crippen LogP contribution in [0.2, 0.25) is 0 Å². The van der Waals surface area contributed by atoms with Crippen molar-refractivity contribution in [1.82, 2.24) is 4.90 Å². The number of benzene rings is 2. The Morgan fingerprint density at radius 1 is 1.04 bits per heavy atom. The molecule has 7 heteroatoms. The number of piperazine rings is 1. The Labute approximate surface area is 143 Å². The Hall–Kier alpha value is -3.02. The molecule has 0 bridgehead atoms. The zero-order valence-electron chi connectivity index (χ0n) is 13.8. The standard InChI is InChI=1S/C18H17N5O2/c1-22-6-8-23(9-7-22)13-3-5-15-17(11-13)25-16-10-12(20-21-19)2-4-14(16)18(15)24/h2-5,10-11H,6-9H2,1H3. The lowest BCUT2D eigenvalue weighted by molar-refractivity contribution is 0.313. The van der Waals surface area contributed by atoms with Crippen molar-refractivity contribution in [2.75, 3.05) is 38.1 Å². The van der Waals surface area contributed by atoms with Crippen molar-refractivity contribution >= 4 is 33.3 Å². The van der Waals surface area contributed by atoms with Gasteiger partial charge in [0.25, 0.3) is 0 Å². The fourth-order valence-corrected chi connectivity index (χ4v) is 3.20. The van der Waals surface area contributed by atoms with E-state index in [0.717, 1.165) is 31.9 Å². The third kappa shape index (κ3) is 2.80. The van der Waals surface area contributed by atoms with Crippen molar-refractivity contribution in [3.63, 3.8) is 0 Å². The van der Waals surface area contributed by atoms with E-state index >= 15 is 0 Å². The van der Waals surface area contributed by atoms with E-state index in [0.29, 0.717) is 27.6 Å². The molecule has 0 saturated carbocycles. The van der Waals surface area contributed by atoms with E-state index in [-0.39, 0.29) is 5.43 Å². The Kier molecular flexibility index (Phi) is 3.80. The lowest BCUT2D eigenvalue weighted by Gasteiger charge is -2.34. The lowest BCUT2D eigenvalue weighted by atomic mass is 10.1. The van der Waals surface area contributed by atoms with E-state index in [4.69, 9.17) is 9.95 Å². The summed E-state index contributed by atoms with van der Waals surface area (Å²) in [6.07, 6.45) is 0. The zero-order chi connectivity index (χ0) is 17.4. The van der Waals surface area contributed by atoms with Crippen molar-refractivity contribution < 1.29 is 4.42 Å². The first-order valence-electron chi connectivity index (χ1n) is 8.15. The minimum Gasteiger partial charge on any atom is -0.456 e. The summed E-state index contributed by atoms with van der Waals surface area (Å²) < 4.78 is 5.95. The van der Waals surface area contributed by atoms with Gasteiger partial charge in [0.2, 0.25) is 5.43 Å². The number of fused-ring (bicyclic) bond motifs is 2. The molecule has 7 nitrogen and oxygen atoms in total. The molecular formula is C18H17N5O2. The van der Waals surface area contributed by atoms with Gasteiger partial charge in [-0.05, 0) is 36.8 Å². The minimum absolute atomic E-state index is 0.0753. The predicted octanol–water partition coefficient (Wildman–Crippen LogP) is 3.64. The van der Waals surface area contributed by atoms with Crippen LogP contribution in [0.1, 0.15) is 0 Å². The van der Waals surface area contributed by atoms with Gasteiger partial charge in [-0.1, -0.05) is 11.2 Å². The molecule has 1 fully saturated rings. The summed E-state index contributed by atoms with van der Waals surface area (Å²) in [6.45, 7) is 3.91. The van der Waals surface area contributed by atoms with E-state index in [1.807, 2.05) is 18.2 Å². The van der Waals surface area contributed by atoms with Crippen molar-refractivity contribution in [3.8, 4) is 0 Å². The fraction of sp³-hybridized carbons (Fsp3) is 0.278. The lowest BCUT2D eigenvalue weighted by Crippen LogP contribution is -2.44. The third-order valence-electron chi connectivity index (χ3n) is 4.67. The quantitative estimate of drug-likeness (QED) is 0.310. The van der Waals surface area contributed by atoms with Crippen LogP contribution in [-0.2, 0) is 0 Å². The molecule has 4 rings (SSSR count). The predicted molar refractivity (Wildman–Crippen MR) is 98.5 cm³/mol. The van der Waals surface area contributed by atoms with Crippen LogP contribution in [0.3, 0.4) is 0 Å². The van der Waals surface area contributed by atoms with Crippen LogP contribution in [0, 0.1) is 0 Å². The van der Waals surface area contributed by atoms with E-state index in [2.05, 4.69) is 26.9 Å². The van der Waals surface area contributed by atoms with Gasteiger partial charge in [-0.2, -0.15) is 0 Å². The maximum absolute atomic E-state index is 12.7. The summed E-state index contributed by atoms with van der Waals surface area (Å²) in [7, 11) is 2.12. The number of nitrogens with zero attached hydrogens (tertiary/aromatic N) is 5. The molecule has 1 aromatic heterocycles. The van der Waals surface area contributed by atoms with E-state index in [1.54, 1.807) is 18.2 Å². The molecular weight excluding hydrogens is 318 g/mol. The van der Waals surface area contributed by atoms with Gasteiger partial charge in [0.1, 0.15) is 11.2 Å². The van der Waals surface area contributed by atoms with Gasteiger partial charge in [-0.15, -0.1) is 0 Å². The van der Waals surface area contributed by atoms with E-state index in [9.17, 15) is 4.79 Å². The molecule has 0 radical (unpaired) electrons. The molecule has 0 amide bonds. The number of azide groups is 1. The second-order valence-corrected chi connectivity index (χ2v) is 6.27. The highest BCUT2D eigenvalue weighted by Crippen LogP contribution is 2.26. The molecule has 1 saturated heterocycles. The Morgan fingerprint density at radius 2 is 1.72 bits per heavy atom. The minimum atomic E-state index is -0.0753. The van der Waals surface area contributed by atoms with Crippen LogP contribution in [0.5, 0.6) is 0 Å². The Bertz CT molecular complexity index is 1060. The number of likely N-dealkylation sites (N-methyl/N-ethyl adjacent to an activating group) is 1. The van der Waals surface area contributed by atoms with Gasteiger partial charge >= 0.3 is 0 Å². The molecule has 25 heavy (non-hydrogen) atoms. The number of rotatable bonds is 2. The summed E-state index contributed by atoms with van der Waals surface area (Å²) in [5.41, 5.74) is 11.0. The molecule has 126 valence electrons. The molecule has 0 unspecified atom stereocenters. The Balaban J connectivity index is 1.84. The monoisotopic (exact) mass is 335 g/mol. The molecule has 1 aliphatic rings. The molecule has 2 aromatic carbocycles. The summed E-state index contributed by atoms with van der Waals surface area (Å²) >= 11 is 0. The largest absolute Gasteiger partial charge is 0.456 e. The normalized spacial score (nSPS) is 15.5. The smallest absolute Gasteiger partial charge is 0.200 e. The zero-order valence-corrected chi connectivity index (χ0v) is 13.8. The average molecular weight is 335 g/mol. The highest BCUT2D eigenvalue weighted by Gasteiger charge is 2.16. The van der Waals surface area contributed by atoms with Crippen molar-refractivity contribution in [1.29, 1.82) is 0 Å². The van der Waals surface area contributed by atoms with Crippen LogP contribution in [0.4, 0.5) is 11.4 Å². The van der Waals surface area contributed by atoms with Gasteiger partial charge in [-0.25, -0.2) is 0 Å². The summed E-state index contributed by atoms with van der Waals surface area (Å²) in [5, 5.41) is 4.61. The van der Waals surface area contributed by atoms with Crippen molar-refractivity contribution in [3.05, 3.63) is 57.1 Å². The maximum Gasteiger partial charge on any atom is 0.200 e. The van der Waals surface area contributed by atoms with E-state index in [1.165, 1.54) is 0 Å². The van der Waals surface area contributed by atoms with Crippen LogP contribution in [-0.4, -0.2) is 38.1 Å². The number of hydrogen-bond donors (Lipinski definition) is 0. The van der Waals surface area contributed by atoms with Crippen LogP contribution < -0.4 is 10.3 Å². The SMILES string of the molecule is CN1CCN(c2ccc3c(=O)c4ccc(N=[N+]=[N-])cc4oc3c2)CC1. The second kappa shape index (κ2) is 6.12. The van der Waals surface area contributed by atoms with Crippen LogP contribution in [0.25, 0.3) is 32.4 Å². The topological polar surface area (TPSA) is 85.5 Å². The van der Waals surface area contributed by atoms with Crippen LogP contribution in [0.15, 0.2) is 50.7 Å². The van der Waals surface area contributed by atoms with Crippen LogP contribution >= 0.6 is 0 Å². The Morgan fingerprint density at radius 3 is 2.44 bits per heavy atom. The summed E-state index contributed by atoms with van der Waals surface area (Å²) in [6, 6.07) is 10.6. The second-order valence-electron chi connectivity index (χ2n) is 6.27. The first-order chi connectivity index (χ1) is 12.2. The fourth-order valence-electron chi connectivity index (χ4n) is 3.20. The third-order valence-corrected chi connectivity index (χ3v) is 4.67. The maximum atomic E-state index is 12.7. The van der Waals surface area contributed by atoms with Gasteiger partial charge in [0.05, 0.1) is 10.8 Å². The molecule has 2 heterocycles. The van der Waals surface area contributed by atoms with Gasteiger partial charge in [-0.3, -0.25) is 4.79 Å². The molecule has 0 atom stereocenters. The first-order valence-corrected chi connectivity index (χ1v) is 8.15. The highest BCUT2D eigenvalue weighted by atomic mass is 16.3. The van der Waals surface area contributed by atoms with Crippen molar-refractivity contribution in [2.45, 2.75) is 0 Å². The van der Waals surface area contributed by atoms with E-state index < -0.39 is 0 Å². The molecule has 0 aliphatic carbocycles. The van der Waals surface area contributed by atoms with Crippen molar-refractivity contribution in [2.24, 2.45) is 5.11 Å². The van der Waals surface area contributed by atoms with Gasteiger partial charge in [0, 0.05) is 48.5 Å². The molecule has 1 aliphatic heterocycles. The average Bonchev–Trinajstić information content (AvgIpc) is 2.62. The molecule has 0 spiro atoms. The van der Waals surface area contributed by atoms with Gasteiger partial charge in [0.15, 0.2) is 0 Å². The highest BCUT2D eigenvalue weighted by molar-refractivity contribution is 5.92. The number of anilines is 1. The van der Waals surface area contributed by atoms with Gasteiger partial charge < -0.3 is 14.2 Å². The molecule has 0 N–H and O–H groups in total. The molecule has 3 aromatic rings. The number of hydrogen-bond acceptors (Lipinski definition) is 5. The summed E-state index contributed by atoms with van der Waals surface area (Å²) in [5.74, 6) is 0.